The SMILES string of the molecule is CCOc1cccc(C2/C(=C(\O)c3cc(Cl)ccc3OC)C(=O)C(=O)N2c2ccc(N(C)C)cc2)c1. The van der Waals surface area contributed by atoms with Crippen molar-refractivity contribution in [3.05, 3.63) is 88.5 Å². The summed E-state index contributed by atoms with van der Waals surface area (Å²) in [5.74, 6) is -1.02. The lowest BCUT2D eigenvalue weighted by Gasteiger charge is -2.26. The number of methoxy groups -OCH3 is 1. The van der Waals surface area contributed by atoms with Gasteiger partial charge in [-0.3, -0.25) is 14.5 Å². The molecule has 0 spiro atoms. The molecule has 1 aliphatic heterocycles. The van der Waals surface area contributed by atoms with Gasteiger partial charge in [0.1, 0.15) is 17.3 Å². The van der Waals surface area contributed by atoms with E-state index >= 15 is 0 Å². The van der Waals surface area contributed by atoms with Gasteiger partial charge in [0.15, 0.2) is 0 Å². The van der Waals surface area contributed by atoms with Gasteiger partial charge in [0.25, 0.3) is 11.7 Å². The number of anilines is 2. The van der Waals surface area contributed by atoms with Crippen molar-refractivity contribution < 1.29 is 24.2 Å². The molecule has 7 nitrogen and oxygen atoms in total. The maximum absolute atomic E-state index is 13.4. The van der Waals surface area contributed by atoms with Crippen LogP contribution in [-0.2, 0) is 9.59 Å². The van der Waals surface area contributed by atoms with Crippen molar-refractivity contribution >= 4 is 40.4 Å². The van der Waals surface area contributed by atoms with Crippen molar-refractivity contribution in [2.75, 3.05) is 37.6 Å². The van der Waals surface area contributed by atoms with Crippen LogP contribution in [0, 0.1) is 0 Å². The van der Waals surface area contributed by atoms with Crippen LogP contribution in [-0.4, -0.2) is 44.6 Å². The first-order valence-corrected chi connectivity index (χ1v) is 11.8. The van der Waals surface area contributed by atoms with Gasteiger partial charge in [-0.2, -0.15) is 0 Å². The molecule has 1 amide bonds. The zero-order chi connectivity index (χ0) is 26.0. The third-order valence-corrected chi connectivity index (χ3v) is 6.23. The molecule has 1 unspecified atom stereocenters. The molecule has 1 heterocycles. The maximum Gasteiger partial charge on any atom is 0.300 e. The molecule has 1 atom stereocenters. The second-order valence-corrected chi connectivity index (χ2v) is 8.87. The Labute approximate surface area is 215 Å². The molecule has 8 heteroatoms. The maximum atomic E-state index is 13.4. The minimum Gasteiger partial charge on any atom is -0.507 e. The zero-order valence-electron chi connectivity index (χ0n) is 20.5. The molecule has 36 heavy (non-hydrogen) atoms. The number of ketones is 1. The van der Waals surface area contributed by atoms with Gasteiger partial charge in [0.2, 0.25) is 0 Å². The number of hydrogen-bond donors (Lipinski definition) is 1. The number of Topliss-reactive ketones (excluding diaryl/α,β-unsaturated/α-hetero) is 1. The molecular weight excluding hydrogens is 480 g/mol. The molecule has 0 saturated carbocycles. The van der Waals surface area contributed by atoms with Crippen LogP contribution in [0.4, 0.5) is 11.4 Å². The van der Waals surface area contributed by atoms with Crippen LogP contribution in [0.5, 0.6) is 11.5 Å². The molecular formula is C28H27ClN2O5. The van der Waals surface area contributed by atoms with Crippen LogP contribution >= 0.6 is 11.6 Å². The second kappa shape index (κ2) is 10.3. The highest BCUT2D eigenvalue weighted by Gasteiger charge is 2.47. The highest BCUT2D eigenvalue weighted by atomic mass is 35.5. The Morgan fingerprint density at radius 2 is 1.78 bits per heavy atom. The van der Waals surface area contributed by atoms with E-state index in [9.17, 15) is 14.7 Å². The van der Waals surface area contributed by atoms with Crippen LogP contribution in [0.15, 0.2) is 72.3 Å². The minimum absolute atomic E-state index is 0.0640. The van der Waals surface area contributed by atoms with Gasteiger partial charge in [-0.15, -0.1) is 0 Å². The standard InChI is InChI=1S/C28H27ClN2O5/c1-5-36-21-8-6-7-17(15-21)25-24(26(32)22-16-18(29)9-14-23(22)35-4)27(33)28(34)31(25)20-12-10-19(11-13-20)30(2)3/h6-16,25,32H,5H2,1-4H3/b26-24+. The third kappa shape index (κ3) is 4.62. The van der Waals surface area contributed by atoms with Gasteiger partial charge in [-0.25, -0.2) is 0 Å². The number of amides is 1. The van der Waals surface area contributed by atoms with E-state index in [0.29, 0.717) is 34.4 Å². The number of carbonyl (C=O) groups is 2. The molecule has 1 saturated heterocycles. The number of hydrogen-bond acceptors (Lipinski definition) is 6. The smallest absolute Gasteiger partial charge is 0.300 e. The summed E-state index contributed by atoms with van der Waals surface area (Å²) in [4.78, 5) is 30.2. The van der Waals surface area contributed by atoms with E-state index in [-0.39, 0.29) is 16.9 Å². The summed E-state index contributed by atoms with van der Waals surface area (Å²) in [6.07, 6.45) is 0. The average Bonchev–Trinajstić information content (AvgIpc) is 3.14. The average molecular weight is 507 g/mol. The van der Waals surface area contributed by atoms with Crippen molar-refractivity contribution in [1.29, 1.82) is 0 Å². The first kappa shape index (κ1) is 25.1. The summed E-state index contributed by atoms with van der Waals surface area (Å²) >= 11 is 6.19. The van der Waals surface area contributed by atoms with Crippen LogP contribution in [0.2, 0.25) is 5.02 Å². The molecule has 0 bridgehead atoms. The predicted octanol–water partition coefficient (Wildman–Crippen LogP) is 5.44. The highest BCUT2D eigenvalue weighted by molar-refractivity contribution is 6.51. The van der Waals surface area contributed by atoms with E-state index < -0.39 is 17.7 Å². The Bertz CT molecular complexity index is 1330. The molecule has 0 aliphatic carbocycles. The number of benzene rings is 3. The number of aliphatic hydroxyl groups is 1. The van der Waals surface area contributed by atoms with E-state index in [0.717, 1.165) is 5.69 Å². The predicted molar refractivity (Wildman–Crippen MR) is 141 cm³/mol. The van der Waals surface area contributed by atoms with E-state index in [1.807, 2.05) is 38.1 Å². The number of halogens is 1. The van der Waals surface area contributed by atoms with Crippen molar-refractivity contribution in [1.82, 2.24) is 0 Å². The fourth-order valence-corrected chi connectivity index (χ4v) is 4.45. The molecule has 186 valence electrons. The zero-order valence-corrected chi connectivity index (χ0v) is 21.2. The lowest BCUT2D eigenvalue weighted by atomic mass is 9.94. The molecule has 1 N–H and O–H groups in total. The quantitative estimate of drug-likeness (QED) is 0.261. The molecule has 0 radical (unpaired) electrons. The molecule has 3 aromatic rings. The molecule has 0 aromatic heterocycles. The lowest BCUT2D eigenvalue weighted by molar-refractivity contribution is -0.132. The van der Waals surface area contributed by atoms with Crippen molar-refractivity contribution in [3.63, 3.8) is 0 Å². The van der Waals surface area contributed by atoms with Gasteiger partial charge in [0.05, 0.1) is 30.9 Å². The summed E-state index contributed by atoms with van der Waals surface area (Å²) in [6.45, 7) is 2.33. The Kier molecular flexibility index (Phi) is 7.22. The van der Waals surface area contributed by atoms with Gasteiger partial charge < -0.3 is 19.5 Å². The highest BCUT2D eigenvalue weighted by Crippen LogP contribution is 2.44. The largest absolute Gasteiger partial charge is 0.507 e. The third-order valence-electron chi connectivity index (χ3n) is 5.99. The summed E-state index contributed by atoms with van der Waals surface area (Å²) < 4.78 is 11.1. The van der Waals surface area contributed by atoms with E-state index in [4.69, 9.17) is 21.1 Å². The Morgan fingerprint density at radius 3 is 2.42 bits per heavy atom. The van der Waals surface area contributed by atoms with Crippen LogP contribution in [0.1, 0.15) is 24.1 Å². The Morgan fingerprint density at radius 1 is 1.06 bits per heavy atom. The number of aliphatic hydroxyl groups excluding tert-OH is 1. The molecule has 4 rings (SSSR count). The summed E-state index contributed by atoms with van der Waals surface area (Å²) in [5, 5.41) is 11.8. The van der Waals surface area contributed by atoms with Crippen LogP contribution in [0.25, 0.3) is 5.76 Å². The van der Waals surface area contributed by atoms with E-state index in [1.54, 1.807) is 48.5 Å². The van der Waals surface area contributed by atoms with Gasteiger partial charge in [-0.05, 0) is 67.1 Å². The van der Waals surface area contributed by atoms with E-state index in [2.05, 4.69) is 0 Å². The van der Waals surface area contributed by atoms with Gasteiger partial charge in [0, 0.05) is 30.5 Å². The minimum atomic E-state index is -0.903. The first-order chi connectivity index (χ1) is 17.3. The summed E-state index contributed by atoms with van der Waals surface area (Å²) in [6, 6.07) is 18.2. The number of rotatable bonds is 7. The van der Waals surface area contributed by atoms with Crippen LogP contribution in [0.3, 0.4) is 0 Å². The Balaban J connectivity index is 1.96. The number of nitrogens with zero attached hydrogens (tertiary/aromatic N) is 2. The first-order valence-electron chi connectivity index (χ1n) is 11.4. The summed E-state index contributed by atoms with van der Waals surface area (Å²) in [7, 11) is 5.28. The summed E-state index contributed by atoms with van der Waals surface area (Å²) in [5.41, 5.74) is 2.22. The van der Waals surface area contributed by atoms with Crippen LogP contribution < -0.4 is 19.3 Å². The topological polar surface area (TPSA) is 79.3 Å². The van der Waals surface area contributed by atoms with Crippen molar-refractivity contribution in [2.24, 2.45) is 0 Å². The lowest BCUT2D eigenvalue weighted by Crippen LogP contribution is -2.29. The fourth-order valence-electron chi connectivity index (χ4n) is 4.28. The van der Waals surface area contributed by atoms with Crippen molar-refractivity contribution in [3.8, 4) is 11.5 Å². The van der Waals surface area contributed by atoms with Gasteiger partial charge in [-0.1, -0.05) is 23.7 Å². The normalized spacial score (nSPS) is 16.8. The fraction of sp³-hybridized carbons (Fsp3) is 0.214. The monoisotopic (exact) mass is 506 g/mol. The molecule has 1 aliphatic rings. The number of ether oxygens (including phenoxy) is 2. The number of carbonyl (C=O) groups excluding carboxylic acids is 2. The van der Waals surface area contributed by atoms with E-state index in [1.165, 1.54) is 18.1 Å². The second-order valence-electron chi connectivity index (χ2n) is 8.43. The van der Waals surface area contributed by atoms with Gasteiger partial charge >= 0.3 is 0 Å². The molecule has 1 fully saturated rings. The van der Waals surface area contributed by atoms with Crippen molar-refractivity contribution in [2.45, 2.75) is 13.0 Å². The molecule has 3 aromatic carbocycles. The Hall–Kier alpha value is -3.97.